The largest absolute Gasteiger partial charge is 0.380 e. The lowest BCUT2D eigenvalue weighted by Gasteiger charge is -2.04. The van der Waals surface area contributed by atoms with Crippen molar-refractivity contribution in [3.05, 3.63) is 11.4 Å². The highest BCUT2D eigenvalue weighted by Gasteiger charge is 2.09. The molecular weight excluding hydrogens is 192 g/mol. The quantitative estimate of drug-likeness (QED) is 0.653. The summed E-state index contributed by atoms with van der Waals surface area (Å²) < 4.78 is 7.07. The lowest BCUT2D eigenvalue weighted by atomic mass is 10.2. The molecule has 0 saturated carbocycles. The van der Waals surface area contributed by atoms with Crippen LogP contribution < -0.4 is 0 Å². The molecule has 0 aromatic carbocycles. The van der Waals surface area contributed by atoms with E-state index in [0.29, 0.717) is 26.2 Å². The molecule has 82 valence electrons. The Bertz CT molecular complexity index is 340. The number of hydrogen-bond acceptors (Lipinski definition) is 4. The van der Waals surface area contributed by atoms with Gasteiger partial charge in [0.1, 0.15) is 0 Å². The average Bonchev–Trinajstić information content (AvgIpc) is 2.62. The summed E-state index contributed by atoms with van der Waals surface area (Å²) in [6.45, 7) is 6.05. The van der Waals surface area contributed by atoms with E-state index >= 15 is 0 Å². The Kier molecular flexibility index (Phi) is 4.78. The molecule has 0 N–H and O–H groups in total. The van der Waals surface area contributed by atoms with E-state index in [4.69, 9.17) is 10.00 Å². The first-order valence-corrected chi connectivity index (χ1v) is 5.19. The Hall–Kier alpha value is -1.41. The molecule has 0 fully saturated rings. The summed E-state index contributed by atoms with van der Waals surface area (Å²) in [5.41, 5.74) is 1.83. The molecule has 0 spiro atoms. The molecule has 0 aliphatic rings. The van der Waals surface area contributed by atoms with Gasteiger partial charge in [-0.15, -0.1) is 5.10 Å². The predicted molar refractivity (Wildman–Crippen MR) is 55.2 cm³/mol. The Balaban J connectivity index is 2.67. The number of aromatic nitrogens is 3. The highest BCUT2D eigenvalue weighted by Crippen LogP contribution is 2.06. The average molecular weight is 208 g/mol. The molecule has 0 atom stereocenters. The van der Waals surface area contributed by atoms with Crippen molar-refractivity contribution >= 4 is 0 Å². The second kappa shape index (κ2) is 6.14. The van der Waals surface area contributed by atoms with Crippen LogP contribution in [0.25, 0.3) is 0 Å². The minimum absolute atomic E-state index is 0.331. The van der Waals surface area contributed by atoms with Gasteiger partial charge in [-0.25, -0.2) is 4.68 Å². The summed E-state index contributed by atoms with van der Waals surface area (Å²) in [6, 6.07) is 2.09. The molecule has 0 unspecified atom stereocenters. The second-order valence-electron chi connectivity index (χ2n) is 3.09. The van der Waals surface area contributed by atoms with Crippen molar-refractivity contribution in [1.29, 1.82) is 5.26 Å². The van der Waals surface area contributed by atoms with Crippen LogP contribution in [0.1, 0.15) is 25.2 Å². The van der Waals surface area contributed by atoms with Gasteiger partial charge in [0, 0.05) is 6.61 Å². The van der Waals surface area contributed by atoms with Crippen LogP contribution in [-0.4, -0.2) is 28.2 Å². The van der Waals surface area contributed by atoms with Crippen molar-refractivity contribution in [2.24, 2.45) is 0 Å². The van der Waals surface area contributed by atoms with Gasteiger partial charge in [-0.1, -0.05) is 12.1 Å². The normalized spacial score (nSPS) is 10.2. The van der Waals surface area contributed by atoms with Gasteiger partial charge in [-0.3, -0.25) is 0 Å². The van der Waals surface area contributed by atoms with Crippen LogP contribution in [0.15, 0.2) is 0 Å². The maximum absolute atomic E-state index is 8.61. The van der Waals surface area contributed by atoms with Crippen molar-refractivity contribution in [2.45, 2.75) is 33.2 Å². The third-order valence-electron chi connectivity index (χ3n) is 2.15. The Morgan fingerprint density at radius 1 is 1.47 bits per heavy atom. The molecule has 0 bridgehead atoms. The summed E-state index contributed by atoms with van der Waals surface area (Å²) in [5.74, 6) is 0. The van der Waals surface area contributed by atoms with E-state index in [9.17, 15) is 0 Å². The van der Waals surface area contributed by atoms with E-state index < -0.39 is 0 Å². The first-order chi connectivity index (χ1) is 7.33. The smallest absolute Gasteiger partial charge is 0.0999 e. The molecule has 1 aromatic heterocycles. The molecule has 15 heavy (non-hydrogen) atoms. The molecule has 1 aromatic rings. The number of nitriles is 1. The Labute approximate surface area is 89.7 Å². The number of hydrogen-bond donors (Lipinski definition) is 0. The van der Waals surface area contributed by atoms with Gasteiger partial charge < -0.3 is 4.74 Å². The molecule has 0 amide bonds. The van der Waals surface area contributed by atoms with Gasteiger partial charge in [0.25, 0.3) is 0 Å². The summed E-state index contributed by atoms with van der Waals surface area (Å²) in [6.07, 6.45) is 1.17. The van der Waals surface area contributed by atoms with Crippen molar-refractivity contribution in [2.75, 3.05) is 13.2 Å². The van der Waals surface area contributed by atoms with E-state index in [0.717, 1.165) is 17.8 Å². The van der Waals surface area contributed by atoms with Crippen LogP contribution in [0, 0.1) is 11.3 Å². The summed E-state index contributed by atoms with van der Waals surface area (Å²) in [5, 5.41) is 16.6. The monoisotopic (exact) mass is 208 g/mol. The molecule has 0 aliphatic carbocycles. The SMILES string of the molecule is CCOCCn1nnc(CC#N)c1CC. The van der Waals surface area contributed by atoms with Crippen LogP contribution in [0.5, 0.6) is 0 Å². The zero-order chi connectivity index (χ0) is 11.1. The molecule has 5 heteroatoms. The molecule has 0 saturated heterocycles. The van der Waals surface area contributed by atoms with E-state index in [1.165, 1.54) is 0 Å². The molecular formula is C10H16N4O. The minimum Gasteiger partial charge on any atom is -0.380 e. The molecule has 1 heterocycles. The van der Waals surface area contributed by atoms with Crippen LogP contribution in [0.4, 0.5) is 0 Å². The van der Waals surface area contributed by atoms with Gasteiger partial charge in [-0.05, 0) is 13.3 Å². The van der Waals surface area contributed by atoms with Gasteiger partial charge in [0.05, 0.1) is 37.0 Å². The second-order valence-corrected chi connectivity index (χ2v) is 3.09. The lowest BCUT2D eigenvalue weighted by molar-refractivity contribution is 0.135. The topological polar surface area (TPSA) is 63.7 Å². The first kappa shape index (κ1) is 11.7. The molecule has 0 radical (unpaired) electrons. The fourth-order valence-electron chi connectivity index (χ4n) is 1.44. The first-order valence-electron chi connectivity index (χ1n) is 5.19. The summed E-state index contributed by atoms with van der Waals surface area (Å²) in [4.78, 5) is 0. The van der Waals surface area contributed by atoms with Crippen molar-refractivity contribution in [3.8, 4) is 6.07 Å². The third-order valence-corrected chi connectivity index (χ3v) is 2.15. The number of rotatable bonds is 6. The summed E-state index contributed by atoms with van der Waals surface area (Å²) in [7, 11) is 0. The fourth-order valence-corrected chi connectivity index (χ4v) is 1.44. The Morgan fingerprint density at radius 3 is 2.87 bits per heavy atom. The van der Waals surface area contributed by atoms with E-state index in [1.807, 2.05) is 18.5 Å². The number of ether oxygens (including phenoxy) is 1. The molecule has 1 rings (SSSR count). The van der Waals surface area contributed by atoms with Gasteiger partial charge >= 0.3 is 0 Å². The fraction of sp³-hybridized carbons (Fsp3) is 0.700. The minimum atomic E-state index is 0.331. The van der Waals surface area contributed by atoms with Gasteiger partial charge in [0.2, 0.25) is 0 Å². The van der Waals surface area contributed by atoms with Crippen LogP contribution >= 0.6 is 0 Å². The number of nitrogens with zero attached hydrogens (tertiary/aromatic N) is 4. The van der Waals surface area contributed by atoms with Crippen molar-refractivity contribution in [1.82, 2.24) is 15.0 Å². The lowest BCUT2D eigenvalue weighted by Crippen LogP contribution is -2.10. The maximum atomic E-state index is 8.61. The maximum Gasteiger partial charge on any atom is 0.0999 e. The third kappa shape index (κ3) is 3.03. The van der Waals surface area contributed by atoms with Crippen LogP contribution in [0.2, 0.25) is 0 Å². The zero-order valence-corrected chi connectivity index (χ0v) is 9.23. The van der Waals surface area contributed by atoms with E-state index in [1.54, 1.807) is 0 Å². The van der Waals surface area contributed by atoms with Crippen LogP contribution in [0.3, 0.4) is 0 Å². The molecule has 5 nitrogen and oxygen atoms in total. The molecule has 0 aliphatic heterocycles. The van der Waals surface area contributed by atoms with Crippen LogP contribution in [-0.2, 0) is 24.1 Å². The van der Waals surface area contributed by atoms with Crippen molar-refractivity contribution < 1.29 is 4.74 Å². The highest BCUT2D eigenvalue weighted by molar-refractivity contribution is 5.13. The van der Waals surface area contributed by atoms with E-state index in [-0.39, 0.29) is 0 Å². The Morgan fingerprint density at radius 2 is 2.27 bits per heavy atom. The summed E-state index contributed by atoms with van der Waals surface area (Å²) >= 11 is 0. The van der Waals surface area contributed by atoms with E-state index in [2.05, 4.69) is 16.4 Å². The van der Waals surface area contributed by atoms with Gasteiger partial charge in [0.15, 0.2) is 0 Å². The highest BCUT2D eigenvalue weighted by atomic mass is 16.5. The zero-order valence-electron chi connectivity index (χ0n) is 9.23. The standard InChI is InChI=1S/C10H16N4O/c1-3-10-9(5-6-11)12-13-14(10)7-8-15-4-2/h3-5,7-8H2,1-2H3. The van der Waals surface area contributed by atoms with Crippen molar-refractivity contribution in [3.63, 3.8) is 0 Å². The van der Waals surface area contributed by atoms with Gasteiger partial charge in [-0.2, -0.15) is 5.26 Å². The predicted octanol–water partition coefficient (Wildman–Crippen LogP) is 0.943.